The Morgan fingerprint density at radius 2 is 1.86 bits per heavy atom. The summed E-state index contributed by atoms with van der Waals surface area (Å²) in [5, 5.41) is 0. The van der Waals surface area contributed by atoms with Gasteiger partial charge >= 0.3 is 6.09 Å². The van der Waals surface area contributed by atoms with Crippen LogP contribution in [0.4, 0.5) is 4.79 Å². The maximum absolute atomic E-state index is 12.5. The topological polar surface area (TPSA) is 46.6 Å². The Morgan fingerprint density at radius 1 is 1.23 bits per heavy atom. The number of benzene rings is 1. The Hall–Kier alpha value is -2.10. The first kappa shape index (κ1) is 16.3. The van der Waals surface area contributed by atoms with E-state index in [1.54, 1.807) is 20.8 Å². The van der Waals surface area contributed by atoms with Crippen molar-refractivity contribution >= 4 is 18.1 Å². The lowest BCUT2D eigenvalue weighted by molar-refractivity contribution is -0.127. The van der Waals surface area contributed by atoms with Crippen LogP contribution in [0.15, 0.2) is 29.8 Å². The highest BCUT2D eigenvalue weighted by Crippen LogP contribution is 2.22. The molecule has 0 saturated carbocycles. The molecule has 22 heavy (non-hydrogen) atoms. The summed E-state index contributed by atoms with van der Waals surface area (Å²) in [6.45, 7) is 7.82. The fraction of sp³-hybridized carbons (Fsp3) is 0.444. The fourth-order valence-electron chi connectivity index (χ4n) is 2.30. The van der Waals surface area contributed by atoms with Crippen molar-refractivity contribution < 1.29 is 14.3 Å². The average Bonchev–Trinajstić information content (AvgIpc) is 2.41. The Kier molecular flexibility index (Phi) is 4.69. The molecule has 118 valence electrons. The predicted molar refractivity (Wildman–Crippen MR) is 86.3 cm³/mol. The minimum Gasteiger partial charge on any atom is -0.443 e. The third kappa shape index (κ3) is 4.20. The van der Waals surface area contributed by atoms with Crippen LogP contribution >= 0.6 is 0 Å². The van der Waals surface area contributed by atoms with Crippen molar-refractivity contribution in [1.29, 1.82) is 0 Å². The average molecular weight is 301 g/mol. The molecule has 0 aliphatic carbocycles. The summed E-state index contributed by atoms with van der Waals surface area (Å²) < 4.78 is 5.30. The van der Waals surface area contributed by atoms with E-state index in [0.717, 1.165) is 12.0 Å². The Labute approximate surface area is 131 Å². The second kappa shape index (κ2) is 6.34. The zero-order valence-electron chi connectivity index (χ0n) is 13.7. The molecule has 2 amide bonds. The molecule has 1 fully saturated rings. The number of piperidine rings is 1. The van der Waals surface area contributed by atoms with Crippen LogP contribution in [0.5, 0.6) is 0 Å². The summed E-state index contributed by atoms with van der Waals surface area (Å²) in [6, 6.07) is 7.96. The smallest absolute Gasteiger partial charge is 0.417 e. The molecule has 0 unspecified atom stereocenters. The summed E-state index contributed by atoms with van der Waals surface area (Å²) in [5.41, 5.74) is 2.20. The van der Waals surface area contributed by atoms with E-state index >= 15 is 0 Å². The molecule has 4 heteroatoms. The zero-order valence-corrected chi connectivity index (χ0v) is 13.7. The molecule has 4 nitrogen and oxygen atoms in total. The lowest BCUT2D eigenvalue weighted by atomic mass is 10.0. The van der Waals surface area contributed by atoms with Gasteiger partial charge in [0.05, 0.1) is 0 Å². The van der Waals surface area contributed by atoms with Crippen molar-refractivity contribution in [3.8, 4) is 0 Å². The molecule has 2 rings (SSSR count). The molecule has 1 aromatic carbocycles. The van der Waals surface area contributed by atoms with Gasteiger partial charge in [-0.3, -0.25) is 4.79 Å². The molecule has 0 spiro atoms. The van der Waals surface area contributed by atoms with Crippen LogP contribution in [0.3, 0.4) is 0 Å². The minimum absolute atomic E-state index is 0.249. The van der Waals surface area contributed by atoms with Gasteiger partial charge in [-0.05, 0) is 52.2 Å². The van der Waals surface area contributed by atoms with E-state index in [1.165, 1.54) is 10.5 Å². The number of carbonyl (C=O) groups is 2. The van der Waals surface area contributed by atoms with Gasteiger partial charge in [-0.25, -0.2) is 9.69 Å². The van der Waals surface area contributed by atoms with Gasteiger partial charge in [-0.2, -0.15) is 0 Å². The van der Waals surface area contributed by atoms with Crippen LogP contribution in [0.25, 0.3) is 6.08 Å². The molecule has 1 aromatic rings. The quantitative estimate of drug-likeness (QED) is 0.738. The number of carbonyl (C=O) groups excluding carboxylic acids is 2. The first-order valence-corrected chi connectivity index (χ1v) is 7.58. The molecule has 1 aliphatic rings. The van der Waals surface area contributed by atoms with E-state index in [1.807, 2.05) is 37.3 Å². The van der Waals surface area contributed by atoms with E-state index in [0.29, 0.717) is 18.5 Å². The van der Waals surface area contributed by atoms with Crippen LogP contribution in [0.2, 0.25) is 0 Å². The number of hydrogen-bond acceptors (Lipinski definition) is 3. The van der Waals surface area contributed by atoms with Gasteiger partial charge < -0.3 is 4.74 Å². The molecule has 0 bridgehead atoms. The maximum Gasteiger partial charge on any atom is 0.417 e. The fourth-order valence-corrected chi connectivity index (χ4v) is 2.30. The number of amides is 2. The number of imide groups is 1. The van der Waals surface area contributed by atoms with Crippen LogP contribution in [-0.2, 0) is 9.53 Å². The van der Waals surface area contributed by atoms with Crippen molar-refractivity contribution in [2.75, 3.05) is 6.54 Å². The van der Waals surface area contributed by atoms with Crippen molar-refractivity contribution in [1.82, 2.24) is 4.90 Å². The maximum atomic E-state index is 12.5. The van der Waals surface area contributed by atoms with Crippen LogP contribution in [-0.4, -0.2) is 29.0 Å². The molecule has 0 aromatic heterocycles. The highest BCUT2D eigenvalue weighted by Gasteiger charge is 2.31. The standard InChI is InChI=1S/C18H23NO3/c1-13-7-9-14(10-8-13)12-15-6-5-11-19(16(15)20)17(21)22-18(2,3)4/h7-10,12H,5-6,11H2,1-4H3/b15-12+. The second-order valence-electron chi connectivity index (χ2n) is 6.62. The second-order valence-corrected chi connectivity index (χ2v) is 6.62. The molecule has 0 radical (unpaired) electrons. The van der Waals surface area contributed by atoms with Crippen molar-refractivity contribution in [3.63, 3.8) is 0 Å². The monoisotopic (exact) mass is 301 g/mol. The first-order valence-electron chi connectivity index (χ1n) is 7.58. The van der Waals surface area contributed by atoms with E-state index in [-0.39, 0.29) is 5.91 Å². The normalized spacial score (nSPS) is 17.7. The molecular formula is C18H23NO3. The molecule has 0 N–H and O–H groups in total. The van der Waals surface area contributed by atoms with E-state index < -0.39 is 11.7 Å². The van der Waals surface area contributed by atoms with Crippen molar-refractivity contribution in [3.05, 3.63) is 41.0 Å². The van der Waals surface area contributed by atoms with Crippen molar-refractivity contribution in [2.24, 2.45) is 0 Å². The number of nitrogens with zero attached hydrogens (tertiary/aromatic N) is 1. The number of aryl methyl sites for hydroxylation is 1. The minimum atomic E-state index is -0.602. The third-order valence-corrected chi connectivity index (χ3v) is 3.38. The van der Waals surface area contributed by atoms with Crippen molar-refractivity contribution in [2.45, 2.75) is 46.1 Å². The summed E-state index contributed by atoms with van der Waals surface area (Å²) >= 11 is 0. The Bertz CT molecular complexity index is 594. The van der Waals surface area contributed by atoms with E-state index in [9.17, 15) is 9.59 Å². The SMILES string of the molecule is Cc1ccc(/C=C2\CCCN(C(=O)OC(C)(C)C)C2=O)cc1. The van der Waals surface area contributed by atoms with E-state index in [4.69, 9.17) is 4.74 Å². The lowest BCUT2D eigenvalue weighted by Crippen LogP contribution is -2.44. The van der Waals surface area contributed by atoms with Gasteiger partial charge in [0, 0.05) is 12.1 Å². The highest BCUT2D eigenvalue weighted by molar-refractivity contribution is 6.05. The summed E-state index contributed by atoms with van der Waals surface area (Å²) in [6.07, 6.45) is 2.75. The first-order chi connectivity index (χ1) is 10.3. The van der Waals surface area contributed by atoms with Gasteiger partial charge in [-0.15, -0.1) is 0 Å². The molecule has 1 saturated heterocycles. The third-order valence-electron chi connectivity index (χ3n) is 3.38. The number of likely N-dealkylation sites (tertiary alicyclic amines) is 1. The van der Waals surface area contributed by atoms with Gasteiger partial charge in [0.15, 0.2) is 0 Å². The Morgan fingerprint density at radius 3 is 2.45 bits per heavy atom. The predicted octanol–water partition coefficient (Wildman–Crippen LogP) is 3.94. The summed E-state index contributed by atoms with van der Waals surface area (Å²) in [5.74, 6) is -0.249. The lowest BCUT2D eigenvalue weighted by Gasteiger charge is -2.29. The summed E-state index contributed by atoms with van der Waals surface area (Å²) in [7, 11) is 0. The van der Waals surface area contributed by atoms with Gasteiger partial charge in [-0.1, -0.05) is 29.8 Å². The number of hydrogen-bond donors (Lipinski definition) is 0. The molecular weight excluding hydrogens is 278 g/mol. The van der Waals surface area contributed by atoms with Gasteiger partial charge in [0.2, 0.25) is 0 Å². The summed E-state index contributed by atoms with van der Waals surface area (Å²) in [4.78, 5) is 25.8. The van der Waals surface area contributed by atoms with Crippen LogP contribution < -0.4 is 0 Å². The highest BCUT2D eigenvalue weighted by atomic mass is 16.6. The van der Waals surface area contributed by atoms with E-state index in [2.05, 4.69) is 0 Å². The van der Waals surface area contributed by atoms with Gasteiger partial charge in [0.1, 0.15) is 5.60 Å². The number of ether oxygens (including phenoxy) is 1. The zero-order chi connectivity index (χ0) is 16.3. The molecule has 1 aliphatic heterocycles. The van der Waals surface area contributed by atoms with Crippen LogP contribution in [0, 0.1) is 6.92 Å². The Balaban J connectivity index is 2.16. The largest absolute Gasteiger partial charge is 0.443 e. The molecule has 1 heterocycles. The van der Waals surface area contributed by atoms with Gasteiger partial charge in [0.25, 0.3) is 5.91 Å². The number of rotatable bonds is 1. The molecule has 0 atom stereocenters. The van der Waals surface area contributed by atoms with Crippen LogP contribution in [0.1, 0.15) is 44.7 Å².